The van der Waals surface area contributed by atoms with Gasteiger partial charge in [-0.2, -0.15) is 0 Å². The second kappa shape index (κ2) is 12.8. The summed E-state index contributed by atoms with van der Waals surface area (Å²) in [4.78, 5) is 4.83. The molecule has 0 fully saturated rings. The summed E-state index contributed by atoms with van der Waals surface area (Å²) >= 11 is 3.73. The molecule has 0 amide bonds. The maximum Gasteiger partial charge on any atom is 0.0640 e. The molecule has 8 aromatic carbocycles. The van der Waals surface area contributed by atoms with Gasteiger partial charge in [0.25, 0.3) is 0 Å². The van der Waals surface area contributed by atoms with Gasteiger partial charge in [-0.3, -0.25) is 0 Å². The third kappa shape index (κ3) is 5.24. The van der Waals surface area contributed by atoms with Crippen molar-refractivity contribution in [2.75, 3.05) is 9.80 Å². The van der Waals surface area contributed by atoms with Crippen LogP contribution in [0, 0.1) is 0 Å². The third-order valence-electron chi connectivity index (χ3n) is 9.84. The zero-order chi connectivity index (χ0) is 34.4. The first-order valence-corrected chi connectivity index (χ1v) is 19.1. The Balaban J connectivity index is 1.20. The molecule has 0 atom stereocenters. The van der Waals surface area contributed by atoms with Crippen molar-refractivity contribution in [1.29, 1.82) is 0 Å². The fourth-order valence-electron chi connectivity index (χ4n) is 7.47. The molecule has 4 heteroatoms. The van der Waals surface area contributed by atoms with E-state index in [-0.39, 0.29) is 0 Å². The summed E-state index contributed by atoms with van der Waals surface area (Å²) in [5.41, 5.74) is 9.30. The summed E-state index contributed by atoms with van der Waals surface area (Å²) in [5.74, 6) is 0. The maximum absolute atomic E-state index is 2.45. The average Bonchev–Trinajstić information content (AvgIpc) is 3.79. The van der Waals surface area contributed by atoms with Crippen molar-refractivity contribution >= 4 is 97.1 Å². The van der Waals surface area contributed by atoms with Gasteiger partial charge in [-0.05, 0) is 83.9 Å². The minimum Gasteiger partial charge on any atom is -0.310 e. The normalized spacial score (nSPS) is 11.5. The molecule has 0 aliphatic rings. The Kier molecular flexibility index (Phi) is 7.56. The molecule has 0 N–H and O–H groups in total. The first kappa shape index (κ1) is 30.6. The van der Waals surface area contributed by atoms with E-state index in [4.69, 9.17) is 0 Å². The molecule has 10 aromatic rings. The number of benzene rings is 8. The van der Waals surface area contributed by atoms with E-state index in [9.17, 15) is 0 Å². The zero-order valence-electron chi connectivity index (χ0n) is 28.2. The SMILES string of the molecule is c1ccc(-c2ccc(N(c3ccc4c(c3)sc3ccccc34)c3cccc4sc5c(N(c6ccccc6)c6ccccc6)cccc5c34)cc2)cc1. The van der Waals surface area contributed by atoms with Gasteiger partial charge in [0, 0.05) is 58.4 Å². The largest absolute Gasteiger partial charge is 0.310 e. The molecule has 0 radical (unpaired) electrons. The van der Waals surface area contributed by atoms with Crippen molar-refractivity contribution < 1.29 is 0 Å². The van der Waals surface area contributed by atoms with E-state index in [1.54, 1.807) is 0 Å². The summed E-state index contributed by atoms with van der Waals surface area (Å²) in [6.45, 7) is 0. The maximum atomic E-state index is 2.45. The summed E-state index contributed by atoms with van der Waals surface area (Å²) in [6.07, 6.45) is 0. The number of para-hydroxylation sites is 2. The Labute approximate surface area is 310 Å². The molecule has 0 spiro atoms. The highest BCUT2D eigenvalue weighted by Gasteiger charge is 2.22. The fraction of sp³-hybridized carbons (Fsp3) is 0. The van der Waals surface area contributed by atoms with Crippen LogP contribution in [-0.2, 0) is 0 Å². The Hall–Kier alpha value is -6.20. The number of hydrogen-bond acceptors (Lipinski definition) is 4. The van der Waals surface area contributed by atoms with E-state index in [1.807, 2.05) is 22.7 Å². The van der Waals surface area contributed by atoms with Crippen LogP contribution in [0.5, 0.6) is 0 Å². The predicted octanol–water partition coefficient (Wildman–Crippen LogP) is 15.0. The van der Waals surface area contributed by atoms with Gasteiger partial charge in [0.15, 0.2) is 0 Å². The van der Waals surface area contributed by atoms with Crippen LogP contribution in [-0.4, -0.2) is 0 Å². The standard InChI is InChI=1S/C48H32N2S2/c1-4-14-33(15-5-1)34-26-28-37(29-27-34)50(38-30-31-40-39-20-10-11-24-44(39)51-46(40)32-38)42-22-13-25-45-47(42)41-21-12-23-43(48(41)52-45)49(35-16-6-2-7-17-35)36-18-8-3-9-19-36/h1-32H. The number of anilines is 6. The Bertz CT molecular complexity index is 2800. The molecule has 2 aromatic heterocycles. The van der Waals surface area contributed by atoms with Crippen molar-refractivity contribution in [1.82, 2.24) is 0 Å². The van der Waals surface area contributed by atoms with Gasteiger partial charge in [0.1, 0.15) is 0 Å². The van der Waals surface area contributed by atoms with E-state index in [0.717, 1.165) is 22.7 Å². The van der Waals surface area contributed by atoms with Crippen molar-refractivity contribution in [3.63, 3.8) is 0 Å². The minimum absolute atomic E-state index is 1.12. The first-order chi connectivity index (χ1) is 25.8. The van der Waals surface area contributed by atoms with E-state index in [1.165, 1.54) is 62.8 Å². The van der Waals surface area contributed by atoms with Crippen LogP contribution >= 0.6 is 22.7 Å². The van der Waals surface area contributed by atoms with Gasteiger partial charge in [0.2, 0.25) is 0 Å². The molecule has 0 bridgehead atoms. The Morgan fingerprint density at radius 3 is 1.58 bits per heavy atom. The third-order valence-corrected chi connectivity index (χ3v) is 12.2. The summed E-state index contributed by atoms with van der Waals surface area (Å²) in [6, 6.07) is 70.2. The van der Waals surface area contributed by atoms with Crippen LogP contribution in [0.4, 0.5) is 34.1 Å². The van der Waals surface area contributed by atoms with Crippen LogP contribution in [0.2, 0.25) is 0 Å². The van der Waals surface area contributed by atoms with Crippen LogP contribution in [0.1, 0.15) is 0 Å². The highest BCUT2D eigenvalue weighted by Crippen LogP contribution is 2.50. The molecule has 0 saturated heterocycles. The molecular weight excluding hydrogens is 669 g/mol. The number of hydrogen-bond donors (Lipinski definition) is 0. The quantitative estimate of drug-likeness (QED) is 0.163. The lowest BCUT2D eigenvalue weighted by atomic mass is 10.0. The predicted molar refractivity (Wildman–Crippen MR) is 227 cm³/mol. The molecule has 0 aliphatic heterocycles. The lowest BCUT2D eigenvalue weighted by Crippen LogP contribution is -2.10. The number of nitrogens with zero attached hydrogens (tertiary/aromatic N) is 2. The summed E-state index contributed by atoms with van der Waals surface area (Å²) in [5, 5.41) is 5.12. The van der Waals surface area contributed by atoms with E-state index in [0.29, 0.717) is 0 Å². The number of fused-ring (bicyclic) bond motifs is 6. The second-order valence-corrected chi connectivity index (χ2v) is 15.1. The van der Waals surface area contributed by atoms with Gasteiger partial charge in [-0.25, -0.2) is 0 Å². The van der Waals surface area contributed by atoms with Crippen molar-refractivity contribution in [3.05, 3.63) is 194 Å². The van der Waals surface area contributed by atoms with Gasteiger partial charge in [0.05, 0.1) is 16.1 Å². The summed E-state index contributed by atoms with van der Waals surface area (Å²) < 4.78 is 5.12. The molecule has 0 aliphatic carbocycles. The Morgan fingerprint density at radius 1 is 0.308 bits per heavy atom. The molecule has 2 nitrogen and oxygen atoms in total. The molecule has 0 saturated carbocycles. The Morgan fingerprint density at radius 2 is 0.827 bits per heavy atom. The number of thiophene rings is 2. The topological polar surface area (TPSA) is 6.48 Å². The highest BCUT2D eigenvalue weighted by atomic mass is 32.1. The van der Waals surface area contributed by atoms with Gasteiger partial charge >= 0.3 is 0 Å². The van der Waals surface area contributed by atoms with E-state index >= 15 is 0 Å². The highest BCUT2D eigenvalue weighted by molar-refractivity contribution is 7.26. The zero-order valence-corrected chi connectivity index (χ0v) is 29.8. The fourth-order valence-corrected chi connectivity index (χ4v) is 9.84. The smallest absolute Gasteiger partial charge is 0.0640 e. The van der Waals surface area contributed by atoms with Crippen molar-refractivity contribution in [2.45, 2.75) is 0 Å². The average molecular weight is 701 g/mol. The second-order valence-electron chi connectivity index (χ2n) is 12.9. The van der Waals surface area contributed by atoms with Crippen LogP contribution in [0.25, 0.3) is 51.5 Å². The molecule has 0 unspecified atom stereocenters. The molecule has 52 heavy (non-hydrogen) atoms. The van der Waals surface area contributed by atoms with Crippen LogP contribution in [0.15, 0.2) is 194 Å². The summed E-state index contributed by atoms with van der Waals surface area (Å²) in [7, 11) is 0. The van der Waals surface area contributed by atoms with Gasteiger partial charge < -0.3 is 9.80 Å². The van der Waals surface area contributed by atoms with Crippen molar-refractivity contribution in [3.8, 4) is 11.1 Å². The lowest BCUT2D eigenvalue weighted by molar-refractivity contribution is 1.30. The lowest BCUT2D eigenvalue weighted by Gasteiger charge is -2.27. The van der Waals surface area contributed by atoms with Crippen molar-refractivity contribution in [2.24, 2.45) is 0 Å². The number of rotatable bonds is 7. The first-order valence-electron chi connectivity index (χ1n) is 17.5. The van der Waals surface area contributed by atoms with Crippen LogP contribution in [0.3, 0.4) is 0 Å². The monoisotopic (exact) mass is 700 g/mol. The van der Waals surface area contributed by atoms with Gasteiger partial charge in [-0.15, -0.1) is 22.7 Å². The molecular formula is C48H32N2S2. The van der Waals surface area contributed by atoms with Gasteiger partial charge in [-0.1, -0.05) is 121 Å². The molecule has 246 valence electrons. The molecule has 2 heterocycles. The minimum atomic E-state index is 1.12. The van der Waals surface area contributed by atoms with Crippen LogP contribution < -0.4 is 9.80 Å². The molecule has 10 rings (SSSR count). The van der Waals surface area contributed by atoms with E-state index < -0.39 is 0 Å². The van der Waals surface area contributed by atoms with E-state index in [2.05, 4.69) is 204 Å².